The Bertz CT molecular complexity index is 1340. The Morgan fingerprint density at radius 2 is 1.62 bits per heavy atom. The number of hydrogen-bond acceptors (Lipinski definition) is 4. The third kappa shape index (κ3) is 3.55. The first kappa shape index (κ1) is 27.8. The number of ketones is 1. The van der Waals surface area contributed by atoms with E-state index in [1.807, 2.05) is 0 Å². The summed E-state index contributed by atoms with van der Waals surface area (Å²) in [5.41, 5.74) is 2.50. The predicted molar refractivity (Wildman–Crippen MR) is 166 cm³/mol. The van der Waals surface area contributed by atoms with E-state index in [0.29, 0.717) is 11.7 Å². The summed E-state index contributed by atoms with van der Waals surface area (Å²) in [6.07, 6.45) is 20.3. The lowest BCUT2D eigenvalue weighted by Gasteiger charge is -2.71. The molecule has 42 heavy (non-hydrogen) atoms. The highest BCUT2D eigenvalue weighted by Crippen LogP contribution is 2.78. The summed E-state index contributed by atoms with van der Waals surface area (Å²) in [7, 11) is 0. The van der Waals surface area contributed by atoms with Crippen LogP contribution in [0, 0.1) is 39.4 Å². The van der Waals surface area contributed by atoms with Crippen LogP contribution < -0.4 is 0 Å². The van der Waals surface area contributed by atoms with Gasteiger partial charge in [-0.25, -0.2) is 0 Å². The summed E-state index contributed by atoms with van der Waals surface area (Å²) >= 11 is 0. The van der Waals surface area contributed by atoms with Crippen molar-refractivity contribution >= 4 is 5.78 Å². The van der Waals surface area contributed by atoms with Crippen molar-refractivity contribution in [1.82, 2.24) is 4.90 Å². The third-order valence-corrected chi connectivity index (χ3v) is 14.6. The maximum Gasteiger partial charge on any atom is 0.162 e. The van der Waals surface area contributed by atoms with Crippen LogP contribution in [-0.2, 0) is 17.8 Å². The van der Waals surface area contributed by atoms with Gasteiger partial charge in [0, 0.05) is 47.4 Å². The van der Waals surface area contributed by atoms with Gasteiger partial charge in [0.05, 0.1) is 11.7 Å². The highest BCUT2D eigenvalue weighted by Gasteiger charge is 2.74. The molecule has 0 amide bonds. The van der Waals surface area contributed by atoms with Crippen LogP contribution in [0.25, 0.3) is 0 Å². The number of carbonyl (C=O) groups excluding carboxylic acids is 1. The Hall–Kier alpha value is -1.75. The van der Waals surface area contributed by atoms with Gasteiger partial charge in [-0.05, 0) is 92.6 Å². The lowest BCUT2D eigenvalue weighted by Crippen LogP contribution is -2.67. The summed E-state index contributed by atoms with van der Waals surface area (Å²) in [5.74, 6) is 1.23. The number of hydrogen-bond donors (Lipinski definition) is 2. The summed E-state index contributed by atoms with van der Waals surface area (Å²) in [5, 5.41) is 23.7. The Morgan fingerprint density at radius 1 is 0.905 bits per heavy atom. The minimum absolute atomic E-state index is 0.0515. The molecule has 4 fully saturated rings. The molecule has 2 spiro atoms. The standard InChI is InChI=1S/C38H51NO3/c1-34-16-12-29(40)22-36(34)19-20-38(30(23-36)33(41)27-9-4-3-5-10-27)31(34)13-17-35(2)32(38)14-18-37(35,42)25-39-21-15-26-8-6-7-11-28(26)24-39/h6-8,11,19-20,23,27,29,31-32,40,42H,3-5,9-10,12-18,21-22,24-25H2,1-2H3. The minimum atomic E-state index is -0.758. The number of nitrogens with zero attached hydrogens (tertiary/aromatic N) is 1. The Morgan fingerprint density at radius 3 is 2.43 bits per heavy atom. The number of carbonyl (C=O) groups is 1. The lowest BCUT2D eigenvalue weighted by atomic mass is 9.32. The zero-order chi connectivity index (χ0) is 29.0. The average molecular weight is 570 g/mol. The van der Waals surface area contributed by atoms with E-state index in [1.165, 1.54) is 17.5 Å². The van der Waals surface area contributed by atoms with E-state index in [2.05, 4.69) is 61.2 Å². The van der Waals surface area contributed by atoms with Crippen molar-refractivity contribution < 1.29 is 15.0 Å². The Labute approximate surface area is 252 Å². The molecule has 0 aromatic heterocycles. The van der Waals surface area contributed by atoms with Gasteiger partial charge >= 0.3 is 0 Å². The Balaban J connectivity index is 1.19. The van der Waals surface area contributed by atoms with Gasteiger partial charge in [0.25, 0.3) is 0 Å². The quantitative estimate of drug-likeness (QED) is 0.392. The number of aliphatic hydroxyl groups excluding tert-OH is 1. The second kappa shape index (κ2) is 9.38. The molecule has 9 rings (SSSR count). The molecular formula is C38H51NO3. The first-order valence-electron chi connectivity index (χ1n) is 17.3. The maximum atomic E-state index is 14.7. The fraction of sp³-hybridized carbons (Fsp3) is 0.711. The first-order valence-corrected chi connectivity index (χ1v) is 17.3. The zero-order valence-electron chi connectivity index (χ0n) is 25.9. The molecule has 0 saturated heterocycles. The van der Waals surface area contributed by atoms with Crippen LogP contribution in [0.4, 0.5) is 0 Å². The van der Waals surface area contributed by atoms with Crippen molar-refractivity contribution in [3.05, 3.63) is 59.2 Å². The number of fused-ring (bicyclic) bond motifs is 2. The van der Waals surface area contributed by atoms with E-state index in [4.69, 9.17) is 0 Å². The molecule has 8 unspecified atom stereocenters. The third-order valence-electron chi connectivity index (χ3n) is 14.6. The smallest absolute Gasteiger partial charge is 0.162 e. The number of benzene rings is 1. The first-order chi connectivity index (χ1) is 20.1. The van der Waals surface area contributed by atoms with Gasteiger partial charge in [0.15, 0.2) is 5.78 Å². The van der Waals surface area contributed by atoms with Crippen molar-refractivity contribution in [2.45, 2.75) is 116 Å². The van der Waals surface area contributed by atoms with Crippen molar-refractivity contribution in [3.63, 3.8) is 0 Å². The average Bonchev–Trinajstić information content (AvgIpc) is 3.27. The molecule has 4 nitrogen and oxygen atoms in total. The minimum Gasteiger partial charge on any atom is -0.393 e. The topological polar surface area (TPSA) is 60.8 Å². The van der Waals surface area contributed by atoms with Crippen molar-refractivity contribution in [3.8, 4) is 0 Å². The van der Waals surface area contributed by atoms with Crippen molar-refractivity contribution in [2.24, 2.45) is 39.4 Å². The maximum absolute atomic E-state index is 14.7. The molecule has 1 heterocycles. The molecule has 4 saturated carbocycles. The van der Waals surface area contributed by atoms with Gasteiger partial charge in [-0.15, -0.1) is 0 Å². The second-order valence-corrected chi connectivity index (χ2v) is 16.2. The van der Waals surface area contributed by atoms with Crippen LogP contribution in [0.3, 0.4) is 0 Å². The van der Waals surface area contributed by atoms with Crippen LogP contribution in [0.15, 0.2) is 48.1 Å². The molecule has 2 bridgehead atoms. The molecular weight excluding hydrogens is 518 g/mol. The van der Waals surface area contributed by atoms with Crippen LogP contribution >= 0.6 is 0 Å². The lowest BCUT2D eigenvalue weighted by molar-refractivity contribution is -0.180. The SMILES string of the molecule is CC12CCC(O)CC13C=CC1(C(C(=O)C4CCCCC4)=C3)C2CCC2(C)C1CCC2(O)CN1CCc2ccccc2C1. The van der Waals surface area contributed by atoms with Crippen LogP contribution in [0.1, 0.15) is 102 Å². The van der Waals surface area contributed by atoms with Crippen LogP contribution in [0.2, 0.25) is 0 Å². The second-order valence-electron chi connectivity index (χ2n) is 16.2. The zero-order valence-corrected chi connectivity index (χ0v) is 25.9. The fourth-order valence-corrected chi connectivity index (χ4v) is 12.3. The van der Waals surface area contributed by atoms with Gasteiger partial charge in [-0.1, -0.05) is 75.6 Å². The predicted octanol–water partition coefficient (Wildman–Crippen LogP) is 6.79. The van der Waals surface area contributed by atoms with E-state index < -0.39 is 5.60 Å². The highest BCUT2D eigenvalue weighted by molar-refractivity contribution is 6.00. The van der Waals surface area contributed by atoms with Crippen LogP contribution in [-0.4, -0.2) is 45.7 Å². The van der Waals surface area contributed by atoms with E-state index >= 15 is 0 Å². The molecule has 8 aliphatic rings. The summed E-state index contributed by atoms with van der Waals surface area (Å²) < 4.78 is 0. The summed E-state index contributed by atoms with van der Waals surface area (Å²) in [6, 6.07) is 8.80. The van der Waals surface area contributed by atoms with Gasteiger partial charge in [-0.2, -0.15) is 0 Å². The fourth-order valence-electron chi connectivity index (χ4n) is 12.3. The summed E-state index contributed by atoms with van der Waals surface area (Å²) in [6.45, 7) is 7.54. The summed E-state index contributed by atoms with van der Waals surface area (Å²) in [4.78, 5) is 17.2. The van der Waals surface area contributed by atoms with Gasteiger partial charge < -0.3 is 10.2 Å². The van der Waals surface area contributed by atoms with E-state index in [1.54, 1.807) is 0 Å². The van der Waals surface area contributed by atoms with Crippen molar-refractivity contribution in [1.29, 1.82) is 0 Å². The van der Waals surface area contributed by atoms with Crippen LogP contribution in [0.5, 0.6) is 0 Å². The monoisotopic (exact) mass is 569 g/mol. The van der Waals surface area contributed by atoms with Gasteiger partial charge in [-0.3, -0.25) is 9.69 Å². The van der Waals surface area contributed by atoms with E-state index in [-0.39, 0.29) is 39.6 Å². The highest BCUT2D eigenvalue weighted by atomic mass is 16.3. The number of β-amino-alcohol motifs (C(OH)–C–C–N with tert-alkyl or cyclic N) is 1. The number of aliphatic hydroxyl groups is 2. The molecule has 2 N–H and O–H groups in total. The largest absolute Gasteiger partial charge is 0.393 e. The molecule has 8 atom stereocenters. The Kier molecular flexibility index (Phi) is 6.20. The number of rotatable bonds is 4. The molecule has 0 radical (unpaired) electrons. The molecule has 4 heteroatoms. The normalized spacial score (nSPS) is 46.4. The molecule has 1 aromatic rings. The molecule has 7 aliphatic carbocycles. The molecule has 1 aromatic carbocycles. The van der Waals surface area contributed by atoms with E-state index in [0.717, 1.165) is 102 Å². The molecule has 1 aliphatic heterocycles. The number of allylic oxidation sites excluding steroid dienone is 4. The van der Waals surface area contributed by atoms with Crippen molar-refractivity contribution in [2.75, 3.05) is 13.1 Å². The van der Waals surface area contributed by atoms with Gasteiger partial charge in [0.2, 0.25) is 0 Å². The van der Waals surface area contributed by atoms with Gasteiger partial charge in [0.1, 0.15) is 0 Å². The van der Waals surface area contributed by atoms with E-state index in [9.17, 15) is 15.0 Å². The number of Topliss-reactive ketones (excluding diaryl/α,β-unsaturated/α-hetero) is 1. The molecule has 226 valence electrons.